The first kappa shape index (κ1) is 9.05. The van der Waals surface area contributed by atoms with Gasteiger partial charge in [-0.05, 0) is 24.3 Å². The molecular weight excluding hydrogens is 178 g/mol. The highest BCUT2D eigenvalue weighted by Gasteiger charge is 2.07. The van der Waals surface area contributed by atoms with Gasteiger partial charge in [-0.1, -0.05) is 0 Å². The number of hydrogen-bond acceptors (Lipinski definition) is 3. The number of aromatic amines is 1. The molecule has 4 nitrogen and oxygen atoms in total. The number of nitrogen functional groups attached to an aromatic ring is 1. The zero-order valence-corrected chi connectivity index (χ0v) is 7.70. The summed E-state index contributed by atoms with van der Waals surface area (Å²) in [7, 11) is 0. The van der Waals surface area contributed by atoms with Gasteiger partial charge in [-0.15, -0.1) is 0 Å². The van der Waals surface area contributed by atoms with Crippen LogP contribution in [0.4, 0.5) is 5.69 Å². The van der Waals surface area contributed by atoms with E-state index in [1.54, 1.807) is 0 Å². The van der Waals surface area contributed by atoms with Crippen LogP contribution in [-0.4, -0.2) is 16.7 Å². The largest absolute Gasteiger partial charge is 0.399 e. The molecule has 74 valence electrons. The van der Waals surface area contributed by atoms with Gasteiger partial charge in [0.1, 0.15) is 0 Å². The normalized spacial score (nSPS) is 13.3. The Bertz CT molecular complexity index is 450. The highest BCUT2D eigenvalue weighted by Crippen LogP contribution is 2.20. The van der Waals surface area contributed by atoms with Crippen molar-refractivity contribution in [2.75, 3.05) is 12.3 Å². The molecule has 1 atom stereocenters. The smallest absolute Gasteiger partial charge is 0.0683 e. The number of aliphatic hydroxyl groups excluding tert-OH is 1. The number of fused-ring (bicyclic) bond motifs is 1. The van der Waals surface area contributed by atoms with Crippen molar-refractivity contribution in [1.82, 2.24) is 4.98 Å². The van der Waals surface area contributed by atoms with Crippen LogP contribution in [0.25, 0.3) is 10.9 Å². The fraction of sp³-hybridized carbons (Fsp3) is 0.200. The van der Waals surface area contributed by atoms with Crippen molar-refractivity contribution >= 4 is 16.6 Å². The van der Waals surface area contributed by atoms with Crippen LogP contribution in [0.3, 0.4) is 0 Å². The lowest BCUT2D eigenvalue weighted by Crippen LogP contribution is -2.14. The van der Waals surface area contributed by atoms with E-state index in [0.717, 1.165) is 22.3 Å². The topological polar surface area (TPSA) is 88.1 Å². The Morgan fingerprint density at radius 1 is 1.36 bits per heavy atom. The van der Waals surface area contributed by atoms with Gasteiger partial charge in [0.2, 0.25) is 0 Å². The summed E-state index contributed by atoms with van der Waals surface area (Å²) in [6.07, 6.45) is 0. The second kappa shape index (κ2) is 3.32. The Balaban J connectivity index is 2.51. The predicted octanol–water partition coefficient (Wildman–Crippen LogP) is 0.742. The molecule has 0 aliphatic rings. The van der Waals surface area contributed by atoms with Crippen molar-refractivity contribution in [3.05, 3.63) is 30.0 Å². The van der Waals surface area contributed by atoms with E-state index in [1.165, 1.54) is 0 Å². The predicted molar refractivity (Wildman–Crippen MR) is 56.7 cm³/mol. The first-order chi connectivity index (χ1) is 6.70. The SMILES string of the molecule is Nc1ccc2[nH]c([C@@H](N)CO)cc2c1. The molecule has 14 heavy (non-hydrogen) atoms. The number of H-pyrrole nitrogens is 1. The monoisotopic (exact) mass is 191 g/mol. The minimum Gasteiger partial charge on any atom is -0.399 e. The molecule has 1 aromatic carbocycles. The standard InChI is InChI=1S/C10H13N3O/c11-7-1-2-9-6(3-7)4-10(13-9)8(12)5-14/h1-4,8,13-14H,5,11-12H2/t8-/m0/s1. The Kier molecular flexibility index (Phi) is 2.15. The maximum absolute atomic E-state index is 8.90. The van der Waals surface area contributed by atoms with E-state index in [4.69, 9.17) is 16.6 Å². The number of rotatable bonds is 2. The van der Waals surface area contributed by atoms with Crippen molar-refractivity contribution in [1.29, 1.82) is 0 Å². The lowest BCUT2D eigenvalue weighted by Gasteiger charge is -2.03. The second-order valence-corrected chi connectivity index (χ2v) is 3.36. The molecule has 6 N–H and O–H groups in total. The summed E-state index contributed by atoms with van der Waals surface area (Å²) in [5.74, 6) is 0. The lowest BCUT2D eigenvalue weighted by atomic mass is 10.2. The van der Waals surface area contributed by atoms with Crippen LogP contribution < -0.4 is 11.5 Å². The molecule has 2 aromatic rings. The van der Waals surface area contributed by atoms with E-state index in [-0.39, 0.29) is 12.6 Å². The van der Waals surface area contributed by atoms with Crippen molar-refractivity contribution < 1.29 is 5.11 Å². The van der Waals surface area contributed by atoms with Crippen LogP contribution in [0, 0.1) is 0 Å². The number of anilines is 1. The molecule has 0 aliphatic carbocycles. The summed E-state index contributed by atoms with van der Waals surface area (Å²) in [6.45, 7) is -0.0672. The van der Waals surface area contributed by atoms with Gasteiger partial charge in [-0.3, -0.25) is 0 Å². The van der Waals surface area contributed by atoms with Gasteiger partial charge in [-0.25, -0.2) is 0 Å². The summed E-state index contributed by atoms with van der Waals surface area (Å²) >= 11 is 0. The van der Waals surface area contributed by atoms with E-state index in [9.17, 15) is 0 Å². The maximum Gasteiger partial charge on any atom is 0.0683 e. The Hall–Kier alpha value is -1.52. The van der Waals surface area contributed by atoms with Gasteiger partial charge in [-0.2, -0.15) is 0 Å². The van der Waals surface area contributed by atoms with E-state index in [2.05, 4.69) is 4.98 Å². The van der Waals surface area contributed by atoms with Crippen LogP contribution in [0.2, 0.25) is 0 Å². The Morgan fingerprint density at radius 2 is 2.14 bits per heavy atom. The van der Waals surface area contributed by atoms with Crippen molar-refractivity contribution in [2.24, 2.45) is 5.73 Å². The van der Waals surface area contributed by atoms with Crippen molar-refractivity contribution in [3.63, 3.8) is 0 Å². The van der Waals surface area contributed by atoms with Gasteiger partial charge in [0.25, 0.3) is 0 Å². The second-order valence-electron chi connectivity index (χ2n) is 3.36. The molecular formula is C10H13N3O. The molecule has 0 unspecified atom stereocenters. The number of benzene rings is 1. The molecule has 0 aliphatic heterocycles. The molecule has 2 rings (SSSR count). The highest BCUT2D eigenvalue weighted by molar-refractivity contribution is 5.83. The summed E-state index contributed by atoms with van der Waals surface area (Å²) in [6, 6.07) is 7.15. The molecule has 4 heteroatoms. The third kappa shape index (κ3) is 1.45. The van der Waals surface area contributed by atoms with Crippen LogP contribution in [0.15, 0.2) is 24.3 Å². The molecule has 0 amide bonds. The van der Waals surface area contributed by atoms with Gasteiger partial charge in [0.15, 0.2) is 0 Å². The summed E-state index contributed by atoms with van der Waals surface area (Å²) in [4.78, 5) is 3.13. The van der Waals surface area contributed by atoms with Gasteiger partial charge < -0.3 is 21.6 Å². The van der Waals surface area contributed by atoms with E-state index < -0.39 is 0 Å². The molecule has 0 fully saturated rings. The summed E-state index contributed by atoms with van der Waals surface area (Å²) in [5, 5.41) is 9.92. The van der Waals surface area contributed by atoms with Gasteiger partial charge >= 0.3 is 0 Å². The van der Waals surface area contributed by atoms with E-state index >= 15 is 0 Å². The molecule has 0 saturated heterocycles. The highest BCUT2D eigenvalue weighted by atomic mass is 16.3. The molecule has 0 saturated carbocycles. The molecule has 0 radical (unpaired) electrons. The first-order valence-corrected chi connectivity index (χ1v) is 4.45. The number of aromatic nitrogens is 1. The fourth-order valence-electron chi connectivity index (χ4n) is 1.47. The maximum atomic E-state index is 8.90. The third-order valence-corrected chi connectivity index (χ3v) is 2.26. The van der Waals surface area contributed by atoms with Crippen LogP contribution in [0.5, 0.6) is 0 Å². The number of hydrogen-bond donors (Lipinski definition) is 4. The Morgan fingerprint density at radius 3 is 2.86 bits per heavy atom. The van der Waals surface area contributed by atoms with Crippen LogP contribution in [-0.2, 0) is 0 Å². The average Bonchev–Trinajstić information content (AvgIpc) is 2.59. The summed E-state index contributed by atoms with van der Waals surface area (Å²) < 4.78 is 0. The minimum absolute atomic E-state index is 0.0672. The number of aliphatic hydroxyl groups is 1. The average molecular weight is 191 g/mol. The molecule has 1 heterocycles. The first-order valence-electron chi connectivity index (χ1n) is 4.45. The molecule has 1 aromatic heterocycles. The Labute approximate surface area is 81.5 Å². The number of nitrogens with one attached hydrogen (secondary N) is 1. The van der Waals surface area contributed by atoms with E-state index in [0.29, 0.717) is 0 Å². The molecule has 0 bridgehead atoms. The summed E-state index contributed by atoms with van der Waals surface area (Å²) in [5.41, 5.74) is 13.9. The van der Waals surface area contributed by atoms with E-state index in [1.807, 2.05) is 24.3 Å². The fourth-order valence-corrected chi connectivity index (χ4v) is 1.47. The van der Waals surface area contributed by atoms with Crippen LogP contribution >= 0.6 is 0 Å². The minimum atomic E-state index is -0.358. The quantitative estimate of drug-likeness (QED) is 0.528. The van der Waals surface area contributed by atoms with Crippen molar-refractivity contribution in [3.8, 4) is 0 Å². The zero-order chi connectivity index (χ0) is 10.1. The number of nitrogens with two attached hydrogens (primary N) is 2. The third-order valence-electron chi connectivity index (χ3n) is 2.26. The van der Waals surface area contributed by atoms with Gasteiger partial charge in [0, 0.05) is 22.3 Å². The van der Waals surface area contributed by atoms with Crippen molar-refractivity contribution in [2.45, 2.75) is 6.04 Å². The van der Waals surface area contributed by atoms with Crippen LogP contribution in [0.1, 0.15) is 11.7 Å². The molecule has 0 spiro atoms. The zero-order valence-electron chi connectivity index (χ0n) is 7.70. The van der Waals surface area contributed by atoms with Gasteiger partial charge in [0.05, 0.1) is 12.6 Å². The lowest BCUT2D eigenvalue weighted by molar-refractivity contribution is 0.266.